The van der Waals surface area contributed by atoms with E-state index < -0.39 is 0 Å². The first-order chi connectivity index (χ1) is 9.31. The van der Waals surface area contributed by atoms with E-state index >= 15 is 0 Å². The van der Waals surface area contributed by atoms with Gasteiger partial charge in [0.2, 0.25) is 5.91 Å². The Morgan fingerprint density at radius 1 is 1.26 bits per heavy atom. The molecule has 0 atom stereocenters. The largest absolute Gasteiger partial charge is 0.465 e. The van der Waals surface area contributed by atoms with E-state index in [0.29, 0.717) is 10.9 Å². The Balaban J connectivity index is 1.72. The summed E-state index contributed by atoms with van der Waals surface area (Å²) in [6.45, 7) is 0. The second kappa shape index (κ2) is 5.07. The minimum Gasteiger partial charge on any atom is -0.465 e. The molecule has 0 aliphatic heterocycles. The topological polar surface area (TPSA) is 55.1 Å². The van der Waals surface area contributed by atoms with Gasteiger partial charge in [-0.1, -0.05) is 23.5 Å². The average molecular weight is 270 g/mol. The van der Waals surface area contributed by atoms with Crippen LogP contribution in [0.4, 0.5) is 5.13 Å². The fraction of sp³-hybridized carbons (Fsp3) is 0. The number of para-hydroxylation sites is 1. The molecule has 0 unspecified atom stereocenters. The van der Waals surface area contributed by atoms with Gasteiger partial charge in [-0.25, -0.2) is 4.98 Å². The number of aromatic nitrogens is 1. The van der Waals surface area contributed by atoms with E-state index in [0.717, 1.165) is 10.2 Å². The Morgan fingerprint density at radius 2 is 2.16 bits per heavy atom. The summed E-state index contributed by atoms with van der Waals surface area (Å²) in [5.41, 5.74) is 0.887. The summed E-state index contributed by atoms with van der Waals surface area (Å²) in [5, 5.41) is 3.33. The van der Waals surface area contributed by atoms with Crippen molar-refractivity contribution in [2.24, 2.45) is 0 Å². The van der Waals surface area contributed by atoms with Crippen molar-refractivity contribution in [3.63, 3.8) is 0 Å². The summed E-state index contributed by atoms with van der Waals surface area (Å²) in [6, 6.07) is 11.3. The summed E-state index contributed by atoms with van der Waals surface area (Å²) in [5.74, 6) is 0.412. The van der Waals surface area contributed by atoms with Gasteiger partial charge in [0, 0.05) is 6.08 Å². The molecule has 2 aromatic heterocycles. The molecule has 0 fully saturated rings. The molecule has 1 aromatic carbocycles. The van der Waals surface area contributed by atoms with Crippen molar-refractivity contribution in [2.75, 3.05) is 5.32 Å². The number of fused-ring (bicyclic) bond motifs is 1. The third-order valence-electron chi connectivity index (χ3n) is 2.47. The number of anilines is 1. The molecule has 0 saturated carbocycles. The number of benzene rings is 1. The van der Waals surface area contributed by atoms with Crippen molar-refractivity contribution in [2.45, 2.75) is 0 Å². The minimum atomic E-state index is -0.226. The molecule has 5 heteroatoms. The van der Waals surface area contributed by atoms with Crippen molar-refractivity contribution >= 4 is 38.7 Å². The number of hydrogen-bond acceptors (Lipinski definition) is 4. The van der Waals surface area contributed by atoms with Crippen molar-refractivity contribution in [1.82, 2.24) is 4.98 Å². The fourth-order valence-corrected chi connectivity index (χ4v) is 2.49. The lowest BCUT2D eigenvalue weighted by Gasteiger charge is -1.94. The second-order valence-corrected chi connectivity index (χ2v) is 4.86. The van der Waals surface area contributed by atoms with Crippen LogP contribution in [0, 0.1) is 0 Å². The standard InChI is InChI=1S/C14H10N2O2S/c17-13(8-7-10-4-3-9-18-10)16-14-15-11-5-1-2-6-12(11)19-14/h1-9H,(H,15,16,17)/b8-7+. The predicted octanol–water partition coefficient (Wildman–Crippen LogP) is 3.54. The highest BCUT2D eigenvalue weighted by atomic mass is 32.1. The zero-order valence-electron chi connectivity index (χ0n) is 9.87. The van der Waals surface area contributed by atoms with Gasteiger partial charge in [0.05, 0.1) is 16.5 Å². The second-order valence-electron chi connectivity index (χ2n) is 3.82. The molecule has 4 nitrogen and oxygen atoms in total. The Hall–Kier alpha value is -2.40. The van der Waals surface area contributed by atoms with Gasteiger partial charge >= 0.3 is 0 Å². The number of carbonyl (C=O) groups excluding carboxylic acids is 1. The van der Waals surface area contributed by atoms with Gasteiger partial charge in [0.25, 0.3) is 0 Å². The highest BCUT2D eigenvalue weighted by molar-refractivity contribution is 7.22. The maximum atomic E-state index is 11.7. The molecule has 19 heavy (non-hydrogen) atoms. The van der Waals surface area contributed by atoms with E-state index in [1.165, 1.54) is 17.4 Å². The Labute approximate surface area is 113 Å². The normalized spacial score (nSPS) is 11.2. The SMILES string of the molecule is O=C(/C=C/c1ccco1)Nc1nc2ccccc2s1. The molecule has 1 N–H and O–H groups in total. The highest BCUT2D eigenvalue weighted by Crippen LogP contribution is 2.25. The van der Waals surface area contributed by atoms with Crippen molar-refractivity contribution in [3.05, 3.63) is 54.5 Å². The molecule has 1 amide bonds. The summed E-state index contributed by atoms with van der Waals surface area (Å²) in [4.78, 5) is 16.0. The van der Waals surface area contributed by atoms with Crippen molar-refractivity contribution in [1.29, 1.82) is 0 Å². The van der Waals surface area contributed by atoms with Crippen LogP contribution in [0.25, 0.3) is 16.3 Å². The Bertz CT molecular complexity index is 696. The molecule has 2 heterocycles. The third-order valence-corrected chi connectivity index (χ3v) is 3.42. The first kappa shape index (κ1) is 11.7. The zero-order chi connectivity index (χ0) is 13.1. The maximum Gasteiger partial charge on any atom is 0.250 e. The molecule has 3 aromatic rings. The van der Waals surface area contributed by atoms with Crippen LogP contribution >= 0.6 is 11.3 Å². The van der Waals surface area contributed by atoms with Crippen molar-refractivity contribution in [3.8, 4) is 0 Å². The molecule has 0 bridgehead atoms. The maximum absolute atomic E-state index is 11.7. The number of nitrogens with one attached hydrogen (secondary N) is 1. The smallest absolute Gasteiger partial charge is 0.250 e. The number of carbonyl (C=O) groups is 1. The first-order valence-corrected chi connectivity index (χ1v) is 6.51. The molecule has 0 spiro atoms. The van der Waals surface area contributed by atoms with Gasteiger partial charge in [-0.05, 0) is 30.3 Å². The Morgan fingerprint density at radius 3 is 2.95 bits per heavy atom. The van der Waals surface area contributed by atoms with Crippen LogP contribution in [0.5, 0.6) is 0 Å². The monoisotopic (exact) mass is 270 g/mol. The summed E-state index contributed by atoms with van der Waals surface area (Å²) >= 11 is 1.45. The summed E-state index contributed by atoms with van der Waals surface area (Å²) in [7, 11) is 0. The molecule has 0 aliphatic carbocycles. The molecule has 0 saturated heterocycles. The lowest BCUT2D eigenvalue weighted by atomic mass is 10.3. The van der Waals surface area contributed by atoms with Crippen LogP contribution in [0.1, 0.15) is 5.76 Å². The molecule has 0 radical (unpaired) electrons. The number of thiazole rings is 1. The summed E-state index contributed by atoms with van der Waals surface area (Å²) < 4.78 is 6.15. The number of hydrogen-bond donors (Lipinski definition) is 1. The molecular weight excluding hydrogens is 260 g/mol. The van der Waals surface area contributed by atoms with Crippen LogP contribution in [-0.4, -0.2) is 10.9 Å². The predicted molar refractivity (Wildman–Crippen MR) is 76.0 cm³/mol. The van der Waals surface area contributed by atoms with Gasteiger partial charge in [0.1, 0.15) is 5.76 Å². The average Bonchev–Trinajstić information content (AvgIpc) is 3.04. The van der Waals surface area contributed by atoms with Crippen LogP contribution in [-0.2, 0) is 4.79 Å². The van der Waals surface area contributed by atoms with Gasteiger partial charge in [0.15, 0.2) is 5.13 Å². The number of rotatable bonds is 3. The van der Waals surface area contributed by atoms with E-state index in [9.17, 15) is 4.79 Å². The zero-order valence-corrected chi connectivity index (χ0v) is 10.7. The number of furan rings is 1. The van der Waals surface area contributed by atoms with Gasteiger partial charge in [-0.15, -0.1) is 0 Å². The fourth-order valence-electron chi connectivity index (χ4n) is 1.62. The molecular formula is C14H10N2O2S. The van der Waals surface area contributed by atoms with E-state index in [1.807, 2.05) is 24.3 Å². The first-order valence-electron chi connectivity index (χ1n) is 5.69. The molecule has 0 aliphatic rings. The van der Waals surface area contributed by atoms with Crippen LogP contribution in [0.3, 0.4) is 0 Å². The lowest BCUT2D eigenvalue weighted by molar-refractivity contribution is -0.111. The van der Waals surface area contributed by atoms with Crippen LogP contribution in [0.2, 0.25) is 0 Å². The van der Waals surface area contributed by atoms with Crippen LogP contribution < -0.4 is 5.32 Å². The third kappa shape index (κ3) is 2.71. The number of nitrogens with zero attached hydrogens (tertiary/aromatic N) is 1. The van der Waals surface area contributed by atoms with Crippen molar-refractivity contribution < 1.29 is 9.21 Å². The lowest BCUT2D eigenvalue weighted by Crippen LogP contribution is -2.07. The van der Waals surface area contributed by atoms with Gasteiger partial charge < -0.3 is 4.42 Å². The van der Waals surface area contributed by atoms with E-state index in [4.69, 9.17) is 4.42 Å². The van der Waals surface area contributed by atoms with E-state index in [2.05, 4.69) is 10.3 Å². The number of amides is 1. The van der Waals surface area contributed by atoms with Gasteiger partial charge in [-0.3, -0.25) is 10.1 Å². The van der Waals surface area contributed by atoms with Crippen LogP contribution in [0.15, 0.2) is 53.2 Å². The quantitative estimate of drug-likeness (QED) is 0.740. The summed E-state index contributed by atoms with van der Waals surface area (Å²) in [6.07, 6.45) is 4.60. The van der Waals surface area contributed by atoms with E-state index in [-0.39, 0.29) is 5.91 Å². The molecule has 94 valence electrons. The molecule has 3 rings (SSSR count). The highest BCUT2D eigenvalue weighted by Gasteiger charge is 2.05. The minimum absolute atomic E-state index is 0.226. The Kier molecular flexibility index (Phi) is 3.12. The van der Waals surface area contributed by atoms with Gasteiger partial charge in [-0.2, -0.15) is 0 Å². The van der Waals surface area contributed by atoms with E-state index in [1.54, 1.807) is 24.5 Å².